The van der Waals surface area contributed by atoms with E-state index in [1.165, 1.54) is 5.56 Å². The van der Waals surface area contributed by atoms with Crippen LogP contribution in [0.25, 0.3) is 22.0 Å². The van der Waals surface area contributed by atoms with Gasteiger partial charge in [-0.1, -0.05) is 6.07 Å². The summed E-state index contributed by atoms with van der Waals surface area (Å²) in [6, 6.07) is 14.1. The van der Waals surface area contributed by atoms with Crippen molar-refractivity contribution < 1.29 is 19.0 Å². The van der Waals surface area contributed by atoms with Gasteiger partial charge in [-0.3, -0.25) is 4.79 Å². The van der Waals surface area contributed by atoms with E-state index in [9.17, 15) is 4.79 Å². The molecule has 0 radical (unpaired) electrons. The molecular formula is C29H30N4O4. The number of nitrogens with one attached hydrogen (secondary N) is 1. The van der Waals surface area contributed by atoms with Gasteiger partial charge in [0.25, 0.3) is 5.91 Å². The van der Waals surface area contributed by atoms with Gasteiger partial charge in [0.2, 0.25) is 0 Å². The molecule has 8 heteroatoms. The number of benzene rings is 2. The maximum absolute atomic E-state index is 13.4. The number of amides is 1. The zero-order chi connectivity index (χ0) is 25.4. The molecule has 0 spiro atoms. The first-order chi connectivity index (χ1) is 18.1. The molecule has 2 aromatic heterocycles. The maximum Gasteiger partial charge on any atom is 0.254 e. The van der Waals surface area contributed by atoms with E-state index in [1.807, 2.05) is 47.6 Å². The molecule has 1 fully saturated rings. The van der Waals surface area contributed by atoms with Gasteiger partial charge in [0.05, 0.1) is 27.4 Å². The molecular weight excluding hydrogens is 468 g/mol. The van der Waals surface area contributed by atoms with E-state index in [2.05, 4.69) is 22.0 Å². The Hall–Kier alpha value is -4.04. The van der Waals surface area contributed by atoms with Crippen molar-refractivity contribution in [3.8, 4) is 22.6 Å². The lowest BCUT2D eigenvalue weighted by molar-refractivity contribution is 0.0734. The molecule has 6 rings (SSSR count). The number of anilines is 1. The monoisotopic (exact) mass is 498 g/mol. The smallest absolute Gasteiger partial charge is 0.254 e. The summed E-state index contributed by atoms with van der Waals surface area (Å²) in [6.45, 7) is 4.40. The lowest BCUT2D eigenvalue weighted by Crippen LogP contribution is -2.36. The zero-order valence-electron chi connectivity index (χ0n) is 21.1. The molecule has 0 bridgehead atoms. The van der Waals surface area contributed by atoms with E-state index in [4.69, 9.17) is 19.2 Å². The van der Waals surface area contributed by atoms with Crippen molar-refractivity contribution in [3.63, 3.8) is 0 Å². The van der Waals surface area contributed by atoms with Crippen molar-refractivity contribution in [1.82, 2.24) is 14.9 Å². The fourth-order valence-electron chi connectivity index (χ4n) is 5.26. The van der Waals surface area contributed by atoms with Gasteiger partial charge < -0.3 is 29.0 Å². The van der Waals surface area contributed by atoms with E-state index in [-0.39, 0.29) is 5.91 Å². The SMILES string of the molecule is COc1cc2c(cc1OC)CN(C(=O)c1ccc3c(-c4ccc(N5CCOCC5)nc4)c[nH]c3c1)CC2. The van der Waals surface area contributed by atoms with Crippen LogP contribution < -0.4 is 14.4 Å². The molecule has 190 valence electrons. The molecule has 8 nitrogen and oxygen atoms in total. The van der Waals surface area contributed by atoms with Crippen LogP contribution in [-0.2, 0) is 17.7 Å². The molecule has 0 aliphatic carbocycles. The highest BCUT2D eigenvalue weighted by Crippen LogP contribution is 2.34. The van der Waals surface area contributed by atoms with Gasteiger partial charge in [-0.2, -0.15) is 0 Å². The average Bonchev–Trinajstić information content (AvgIpc) is 3.39. The first-order valence-corrected chi connectivity index (χ1v) is 12.6. The largest absolute Gasteiger partial charge is 0.493 e. The van der Waals surface area contributed by atoms with Crippen LogP contribution in [0.15, 0.2) is 54.9 Å². The van der Waals surface area contributed by atoms with Crippen LogP contribution in [-0.4, -0.2) is 67.8 Å². The predicted octanol–water partition coefficient (Wildman–Crippen LogP) is 4.28. The molecule has 1 amide bonds. The Morgan fingerprint density at radius 2 is 1.76 bits per heavy atom. The highest BCUT2D eigenvalue weighted by molar-refractivity contribution is 6.02. The van der Waals surface area contributed by atoms with Crippen molar-refractivity contribution in [2.75, 3.05) is 52.0 Å². The van der Waals surface area contributed by atoms with Crippen LogP contribution in [0.2, 0.25) is 0 Å². The number of carbonyl (C=O) groups is 1. The second-order valence-corrected chi connectivity index (χ2v) is 9.42. The summed E-state index contributed by atoms with van der Waals surface area (Å²) in [5.41, 5.74) is 6.00. The minimum Gasteiger partial charge on any atom is -0.493 e. The van der Waals surface area contributed by atoms with Crippen molar-refractivity contribution in [2.45, 2.75) is 13.0 Å². The second-order valence-electron chi connectivity index (χ2n) is 9.42. The number of rotatable bonds is 5. The van der Waals surface area contributed by atoms with Crippen molar-refractivity contribution in [1.29, 1.82) is 0 Å². The van der Waals surface area contributed by atoms with E-state index < -0.39 is 0 Å². The molecule has 1 saturated heterocycles. The summed E-state index contributed by atoms with van der Waals surface area (Å²) in [7, 11) is 3.27. The Kier molecular flexibility index (Phi) is 6.18. The number of pyridine rings is 1. The Labute approximate surface area is 215 Å². The average molecular weight is 499 g/mol. The highest BCUT2D eigenvalue weighted by Gasteiger charge is 2.24. The van der Waals surface area contributed by atoms with E-state index in [0.29, 0.717) is 24.4 Å². The quantitative estimate of drug-likeness (QED) is 0.443. The summed E-state index contributed by atoms with van der Waals surface area (Å²) in [4.78, 5) is 25.6. The normalized spacial score (nSPS) is 15.5. The van der Waals surface area contributed by atoms with Crippen molar-refractivity contribution >= 4 is 22.6 Å². The van der Waals surface area contributed by atoms with Gasteiger partial charge in [-0.15, -0.1) is 0 Å². The summed E-state index contributed by atoms with van der Waals surface area (Å²) in [6.07, 6.45) is 4.69. The molecule has 0 unspecified atom stereocenters. The minimum absolute atomic E-state index is 0.0232. The van der Waals surface area contributed by atoms with E-state index in [0.717, 1.165) is 71.9 Å². The molecule has 1 N–H and O–H groups in total. The van der Waals surface area contributed by atoms with Crippen LogP contribution >= 0.6 is 0 Å². The van der Waals surface area contributed by atoms with Gasteiger partial charge >= 0.3 is 0 Å². The second kappa shape index (κ2) is 9.78. The third-order valence-electron chi connectivity index (χ3n) is 7.33. The maximum atomic E-state index is 13.4. The number of ether oxygens (including phenoxy) is 3. The lowest BCUT2D eigenvalue weighted by Gasteiger charge is -2.29. The van der Waals surface area contributed by atoms with Crippen LogP contribution in [0.4, 0.5) is 5.82 Å². The van der Waals surface area contributed by atoms with Gasteiger partial charge in [-0.05, 0) is 53.9 Å². The molecule has 2 aliphatic rings. The van der Waals surface area contributed by atoms with Gasteiger partial charge in [0.1, 0.15) is 5.82 Å². The van der Waals surface area contributed by atoms with Crippen LogP contribution in [0.1, 0.15) is 21.5 Å². The summed E-state index contributed by atoms with van der Waals surface area (Å²) in [5.74, 6) is 2.40. The summed E-state index contributed by atoms with van der Waals surface area (Å²) in [5, 5.41) is 1.07. The fraction of sp³-hybridized carbons (Fsp3) is 0.310. The minimum atomic E-state index is 0.0232. The number of carbonyl (C=O) groups excluding carboxylic acids is 1. The summed E-state index contributed by atoms with van der Waals surface area (Å²) >= 11 is 0. The summed E-state index contributed by atoms with van der Waals surface area (Å²) < 4.78 is 16.3. The Balaban J connectivity index is 1.21. The Morgan fingerprint density at radius 3 is 2.49 bits per heavy atom. The third kappa shape index (κ3) is 4.38. The van der Waals surface area contributed by atoms with Gasteiger partial charge in [0.15, 0.2) is 11.5 Å². The van der Waals surface area contributed by atoms with Crippen LogP contribution in [0, 0.1) is 0 Å². The Morgan fingerprint density at radius 1 is 0.973 bits per heavy atom. The topological polar surface area (TPSA) is 79.9 Å². The van der Waals surface area contributed by atoms with Crippen LogP contribution in [0.3, 0.4) is 0 Å². The molecule has 0 atom stereocenters. The third-order valence-corrected chi connectivity index (χ3v) is 7.33. The van der Waals surface area contributed by atoms with Gasteiger partial charge in [0, 0.05) is 66.2 Å². The number of hydrogen-bond donors (Lipinski definition) is 1. The molecule has 0 saturated carbocycles. The first kappa shape index (κ1) is 23.4. The van der Waals surface area contributed by atoms with Crippen molar-refractivity contribution in [2.24, 2.45) is 0 Å². The molecule has 4 aromatic rings. The molecule has 37 heavy (non-hydrogen) atoms. The van der Waals surface area contributed by atoms with Crippen LogP contribution in [0.5, 0.6) is 11.5 Å². The van der Waals surface area contributed by atoms with E-state index >= 15 is 0 Å². The highest BCUT2D eigenvalue weighted by atomic mass is 16.5. The standard InChI is InChI=1S/C29H30N4O4/c1-35-26-14-19-7-8-33(18-22(19)15-27(26)36-2)29(34)20-3-5-23-24(17-30-25(23)13-20)21-4-6-28(31-16-21)32-9-11-37-12-10-32/h3-6,13-17,30H,7-12,18H2,1-2H3. The van der Waals surface area contributed by atoms with Gasteiger partial charge in [-0.25, -0.2) is 4.98 Å². The lowest BCUT2D eigenvalue weighted by atomic mass is 9.98. The number of methoxy groups -OCH3 is 2. The number of H-pyrrole nitrogens is 1. The Bertz CT molecular complexity index is 1440. The van der Waals surface area contributed by atoms with E-state index in [1.54, 1.807) is 14.2 Å². The number of morpholine rings is 1. The fourth-order valence-corrected chi connectivity index (χ4v) is 5.26. The number of hydrogen-bond acceptors (Lipinski definition) is 6. The molecule has 2 aromatic carbocycles. The number of aromatic nitrogens is 2. The molecule has 4 heterocycles. The first-order valence-electron chi connectivity index (χ1n) is 12.6. The predicted molar refractivity (Wildman–Crippen MR) is 143 cm³/mol. The number of nitrogens with zero attached hydrogens (tertiary/aromatic N) is 3. The number of fused-ring (bicyclic) bond motifs is 2. The molecule has 2 aliphatic heterocycles. The zero-order valence-corrected chi connectivity index (χ0v) is 21.1. The number of aromatic amines is 1. The van der Waals surface area contributed by atoms with Crippen molar-refractivity contribution in [3.05, 3.63) is 71.5 Å².